The van der Waals surface area contributed by atoms with E-state index < -0.39 is 11.7 Å². The van der Waals surface area contributed by atoms with Crippen LogP contribution in [0.5, 0.6) is 0 Å². The first-order valence-electron chi connectivity index (χ1n) is 6.01. The van der Waals surface area contributed by atoms with E-state index in [9.17, 15) is 13.2 Å². The molecule has 0 aliphatic rings. The van der Waals surface area contributed by atoms with Gasteiger partial charge in [0.2, 0.25) is 5.28 Å². The zero-order valence-electron chi connectivity index (χ0n) is 11.0. The zero-order valence-corrected chi connectivity index (χ0v) is 11.8. The van der Waals surface area contributed by atoms with Gasteiger partial charge in [-0.1, -0.05) is 18.2 Å². The Labute approximate surface area is 124 Å². The Bertz CT molecular complexity index is 631. The molecule has 8 heteroatoms. The summed E-state index contributed by atoms with van der Waals surface area (Å²) < 4.78 is 38.9. The summed E-state index contributed by atoms with van der Waals surface area (Å²) in [7, 11) is 1.75. The molecule has 2 N–H and O–H groups in total. The van der Waals surface area contributed by atoms with Crippen molar-refractivity contribution in [3.63, 3.8) is 0 Å². The highest BCUT2D eigenvalue weighted by atomic mass is 35.5. The zero-order chi connectivity index (χ0) is 15.5. The van der Waals surface area contributed by atoms with E-state index >= 15 is 0 Å². The molecule has 0 spiro atoms. The molecule has 0 saturated carbocycles. The fraction of sp³-hybridized carbons (Fsp3) is 0.231. The fourth-order valence-corrected chi connectivity index (χ4v) is 1.91. The van der Waals surface area contributed by atoms with Crippen LogP contribution in [-0.4, -0.2) is 17.0 Å². The monoisotopic (exact) mass is 316 g/mol. The highest BCUT2D eigenvalue weighted by molar-refractivity contribution is 6.28. The minimum Gasteiger partial charge on any atom is -0.339 e. The molecule has 0 aliphatic carbocycles. The van der Waals surface area contributed by atoms with Crippen molar-refractivity contribution in [1.82, 2.24) is 15.3 Å². The lowest BCUT2D eigenvalue weighted by Gasteiger charge is -2.15. The Morgan fingerprint density at radius 2 is 1.95 bits per heavy atom. The van der Waals surface area contributed by atoms with Crippen LogP contribution in [0.1, 0.15) is 11.1 Å². The van der Waals surface area contributed by atoms with Gasteiger partial charge < -0.3 is 10.6 Å². The van der Waals surface area contributed by atoms with Gasteiger partial charge in [0.25, 0.3) is 0 Å². The molecule has 2 aromatic rings. The van der Waals surface area contributed by atoms with E-state index in [0.717, 1.165) is 5.56 Å². The minimum atomic E-state index is -4.56. The average molecular weight is 317 g/mol. The highest BCUT2D eigenvalue weighted by Crippen LogP contribution is 2.35. The molecule has 0 radical (unpaired) electrons. The number of anilines is 2. The predicted molar refractivity (Wildman–Crippen MR) is 74.5 cm³/mol. The molecule has 2 rings (SSSR count). The average Bonchev–Trinajstić information content (AvgIpc) is 2.40. The van der Waals surface area contributed by atoms with E-state index in [1.165, 1.54) is 0 Å². The number of aromatic nitrogens is 2. The molecule has 0 saturated heterocycles. The van der Waals surface area contributed by atoms with E-state index in [1.54, 1.807) is 31.3 Å². The second kappa shape index (κ2) is 6.28. The van der Waals surface area contributed by atoms with Gasteiger partial charge >= 0.3 is 6.18 Å². The number of para-hydroxylation sites is 1. The number of alkyl halides is 3. The lowest BCUT2D eigenvalue weighted by molar-refractivity contribution is -0.137. The molecule has 0 aliphatic heterocycles. The third kappa shape index (κ3) is 3.83. The first-order valence-corrected chi connectivity index (χ1v) is 6.39. The van der Waals surface area contributed by atoms with Crippen LogP contribution >= 0.6 is 11.6 Å². The summed E-state index contributed by atoms with van der Waals surface area (Å²) >= 11 is 5.59. The lowest BCUT2D eigenvalue weighted by Crippen LogP contribution is -2.13. The van der Waals surface area contributed by atoms with Crippen molar-refractivity contribution in [1.29, 1.82) is 0 Å². The van der Waals surface area contributed by atoms with Crippen LogP contribution in [0.25, 0.3) is 0 Å². The van der Waals surface area contributed by atoms with Gasteiger partial charge in [-0.25, -0.2) is 4.98 Å². The van der Waals surface area contributed by atoms with Crippen LogP contribution in [-0.2, 0) is 12.7 Å². The summed E-state index contributed by atoms with van der Waals surface area (Å²) in [5.74, 6) is -0.369. The molecule has 1 aromatic heterocycles. The maximum absolute atomic E-state index is 13.0. The largest absolute Gasteiger partial charge is 0.421 e. The van der Waals surface area contributed by atoms with Crippen LogP contribution in [0, 0.1) is 0 Å². The maximum Gasteiger partial charge on any atom is 0.421 e. The summed E-state index contributed by atoms with van der Waals surface area (Å²) in [5.41, 5.74) is 0.362. The van der Waals surface area contributed by atoms with Gasteiger partial charge in [0.15, 0.2) is 0 Å². The normalized spacial score (nSPS) is 11.5. The highest BCUT2D eigenvalue weighted by Gasteiger charge is 2.35. The Morgan fingerprint density at radius 1 is 1.24 bits per heavy atom. The summed E-state index contributed by atoms with van der Waals surface area (Å²) in [6.45, 7) is 0.503. The van der Waals surface area contributed by atoms with E-state index in [1.807, 2.05) is 0 Å². The topological polar surface area (TPSA) is 49.8 Å². The van der Waals surface area contributed by atoms with Gasteiger partial charge in [-0.15, -0.1) is 0 Å². The molecule has 21 heavy (non-hydrogen) atoms. The number of rotatable bonds is 4. The van der Waals surface area contributed by atoms with Gasteiger partial charge in [-0.3, -0.25) is 0 Å². The van der Waals surface area contributed by atoms with Gasteiger partial charge in [0.1, 0.15) is 11.4 Å². The standard InChI is InChI=1S/C13H12ClF3N4/c1-18-6-8-4-2-3-5-10(8)20-11-9(13(15,16)17)7-19-12(14)21-11/h2-5,7,18H,6H2,1H3,(H,19,20,21). The predicted octanol–water partition coefficient (Wildman–Crippen LogP) is 3.61. The molecule has 0 unspecified atom stereocenters. The van der Waals surface area contributed by atoms with Crippen LogP contribution in [0.4, 0.5) is 24.7 Å². The molecular formula is C13H12ClF3N4. The molecular weight excluding hydrogens is 305 g/mol. The van der Waals surface area contributed by atoms with Crippen molar-refractivity contribution in [2.45, 2.75) is 12.7 Å². The molecule has 1 aromatic carbocycles. The Morgan fingerprint density at radius 3 is 2.62 bits per heavy atom. The number of nitrogens with one attached hydrogen (secondary N) is 2. The van der Waals surface area contributed by atoms with Crippen molar-refractivity contribution in [3.05, 3.63) is 46.9 Å². The number of hydrogen-bond acceptors (Lipinski definition) is 4. The first kappa shape index (κ1) is 15.5. The van der Waals surface area contributed by atoms with E-state index in [-0.39, 0.29) is 11.1 Å². The SMILES string of the molecule is CNCc1ccccc1Nc1nc(Cl)ncc1C(F)(F)F. The van der Waals surface area contributed by atoms with Crippen molar-refractivity contribution in [2.24, 2.45) is 0 Å². The van der Waals surface area contributed by atoms with E-state index in [2.05, 4.69) is 20.6 Å². The summed E-state index contributed by atoms with van der Waals surface area (Å²) in [5, 5.41) is 5.37. The second-order valence-corrected chi connectivity index (χ2v) is 4.55. The smallest absolute Gasteiger partial charge is 0.339 e. The van der Waals surface area contributed by atoms with Gasteiger partial charge in [0, 0.05) is 18.4 Å². The van der Waals surface area contributed by atoms with Crippen molar-refractivity contribution in [2.75, 3.05) is 12.4 Å². The summed E-state index contributed by atoms with van der Waals surface area (Å²) in [6, 6.07) is 6.99. The van der Waals surface area contributed by atoms with Gasteiger partial charge in [-0.05, 0) is 30.3 Å². The van der Waals surface area contributed by atoms with Gasteiger partial charge in [0.05, 0.1) is 0 Å². The van der Waals surface area contributed by atoms with Crippen LogP contribution in [0.3, 0.4) is 0 Å². The lowest BCUT2D eigenvalue weighted by atomic mass is 10.1. The molecule has 0 fully saturated rings. The molecule has 0 amide bonds. The fourth-order valence-electron chi connectivity index (χ4n) is 1.78. The third-order valence-corrected chi connectivity index (χ3v) is 2.88. The summed E-state index contributed by atoms with van der Waals surface area (Å²) in [4.78, 5) is 7.03. The molecule has 0 atom stereocenters. The number of nitrogens with zero attached hydrogens (tertiary/aromatic N) is 2. The molecule has 0 bridgehead atoms. The Balaban J connectivity index is 2.42. The number of benzene rings is 1. The van der Waals surface area contributed by atoms with Crippen LogP contribution < -0.4 is 10.6 Å². The summed E-state index contributed by atoms with van der Waals surface area (Å²) in [6.07, 6.45) is -3.90. The Kier molecular flexibility index (Phi) is 4.64. The van der Waals surface area contributed by atoms with Crippen LogP contribution in [0.2, 0.25) is 5.28 Å². The molecule has 1 heterocycles. The number of halogens is 4. The van der Waals surface area contributed by atoms with Crippen molar-refractivity contribution < 1.29 is 13.2 Å². The Hall–Kier alpha value is -1.86. The van der Waals surface area contributed by atoms with Crippen molar-refractivity contribution in [3.8, 4) is 0 Å². The molecule has 4 nitrogen and oxygen atoms in total. The quantitative estimate of drug-likeness (QED) is 0.846. The van der Waals surface area contributed by atoms with Crippen molar-refractivity contribution >= 4 is 23.1 Å². The van der Waals surface area contributed by atoms with E-state index in [4.69, 9.17) is 11.6 Å². The first-order chi connectivity index (χ1) is 9.91. The third-order valence-electron chi connectivity index (χ3n) is 2.70. The van der Waals surface area contributed by atoms with Gasteiger partial charge in [-0.2, -0.15) is 18.2 Å². The minimum absolute atomic E-state index is 0.253. The second-order valence-electron chi connectivity index (χ2n) is 4.21. The van der Waals surface area contributed by atoms with Crippen LogP contribution in [0.15, 0.2) is 30.5 Å². The number of hydrogen-bond donors (Lipinski definition) is 2. The molecule has 112 valence electrons. The van der Waals surface area contributed by atoms with E-state index in [0.29, 0.717) is 18.4 Å². The maximum atomic E-state index is 13.0.